The normalized spacial score (nSPS) is 14.9. The molecule has 1 aliphatic heterocycles. The SMILES string of the molecule is CC(C)(N)CCc1cc2c(cc1CCC(C)(C)N)NC(=O)C2. The van der Waals surface area contributed by atoms with E-state index in [1.807, 2.05) is 27.7 Å². The van der Waals surface area contributed by atoms with Crippen molar-refractivity contribution < 1.29 is 4.79 Å². The predicted octanol–water partition coefficient (Wildman–Crippen LogP) is 2.52. The quantitative estimate of drug-likeness (QED) is 0.755. The first-order valence-electron chi connectivity index (χ1n) is 8.06. The number of aryl methyl sites for hydroxylation is 2. The molecule has 0 saturated heterocycles. The Kier molecular flexibility index (Phi) is 4.64. The van der Waals surface area contributed by atoms with Gasteiger partial charge in [0.05, 0.1) is 6.42 Å². The Morgan fingerprint density at radius 2 is 1.50 bits per heavy atom. The highest BCUT2D eigenvalue weighted by Crippen LogP contribution is 2.29. The molecular weight excluding hydrogens is 274 g/mol. The Balaban J connectivity index is 2.24. The van der Waals surface area contributed by atoms with E-state index in [9.17, 15) is 4.79 Å². The molecule has 1 aromatic rings. The van der Waals surface area contributed by atoms with E-state index >= 15 is 0 Å². The Morgan fingerprint density at radius 1 is 1.00 bits per heavy atom. The van der Waals surface area contributed by atoms with Crippen LogP contribution in [0, 0.1) is 0 Å². The van der Waals surface area contributed by atoms with Gasteiger partial charge in [0.15, 0.2) is 0 Å². The molecule has 0 bridgehead atoms. The summed E-state index contributed by atoms with van der Waals surface area (Å²) in [4.78, 5) is 11.6. The maximum atomic E-state index is 11.6. The molecular formula is C18H29N3O. The first kappa shape index (κ1) is 17.0. The molecule has 4 nitrogen and oxygen atoms in total. The molecule has 122 valence electrons. The lowest BCUT2D eigenvalue weighted by molar-refractivity contribution is -0.115. The van der Waals surface area contributed by atoms with Crippen molar-refractivity contribution in [2.24, 2.45) is 11.5 Å². The zero-order valence-electron chi connectivity index (χ0n) is 14.3. The van der Waals surface area contributed by atoms with E-state index in [4.69, 9.17) is 11.5 Å². The summed E-state index contributed by atoms with van der Waals surface area (Å²) in [6, 6.07) is 4.31. The third-order valence-electron chi connectivity index (χ3n) is 4.13. The third-order valence-corrected chi connectivity index (χ3v) is 4.13. The fourth-order valence-electron chi connectivity index (χ4n) is 2.75. The number of nitrogens with two attached hydrogens (primary N) is 2. The van der Waals surface area contributed by atoms with Gasteiger partial charge in [0.2, 0.25) is 5.91 Å². The van der Waals surface area contributed by atoms with Crippen LogP contribution in [0.3, 0.4) is 0 Å². The van der Waals surface area contributed by atoms with Crippen LogP contribution in [0.5, 0.6) is 0 Å². The van der Waals surface area contributed by atoms with E-state index in [0.717, 1.165) is 36.9 Å². The summed E-state index contributed by atoms with van der Waals surface area (Å²) in [5.74, 6) is 0.0800. The van der Waals surface area contributed by atoms with Gasteiger partial charge in [-0.15, -0.1) is 0 Å². The second-order valence-corrected chi connectivity index (χ2v) is 7.98. The molecule has 1 amide bonds. The summed E-state index contributed by atoms with van der Waals surface area (Å²) in [5.41, 5.74) is 16.5. The number of carbonyl (C=O) groups is 1. The summed E-state index contributed by atoms with van der Waals surface area (Å²) < 4.78 is 0. The average molecular weight is 303 g/mol. The van der Waals surface area contributed by atoms with Crippen LogP contribution in [0.25, 0.3) is 0 Å². The maximum absolute atomic E-state index is 11.6. The van der Waals surface area contributed by atoms with Crippen molar-refractivity contribution in [2.45, 2.75) is 70.9 Å². The van der Waals surface area contributed by atoms with E-state index in [-0.39, 0.29) is 17.0 Å². The lowest BCUT2D eigenvalue weighted by atomic mass is 9.88. The average Bonchev–Trinajstić information content (AvgIpc) is 2.70. The van der Waals surface area contributed by atoms with Gasteiger partial charge in [-0.3, -0.25) is 4.79 Å². The smallest absolute Gasteiger partial charge is 0.228 e. The Morgan fingerprint density at radius 3 is 2.00 bits per heavy atom. The summed E-state index contributed by atoms with van der Waals surface area (Å²) in [6.45, 7) is 8.19. The minimum Gasteiger partial charge on any atom is -0.326 e. The summed E-state index contributed by atoms with van der Waals surface area (Å²) in [6.07, 6.45) is 4.18. The molecule has 1 aromatic carbocycles. The number of hydrogen-bond acceptors (Lipinski definition) is 3. The molecule has 0 atom stereocenters. The largest absolute Gasteiger partial charge is 0.326 e. The molecule has 0 unspecified atom stereocenters. The molecule has 1 heterocycles. The first-order chi connectivity index (χ1) is 10.0. The van der Waals surface area contributed by atoms with Crippen molar-refractivity contribution in [2.75, 3.05) is 5.32 Å². The number of anilines is 1. The zero-order valence-corrected chi connectivity index (χ0v) is 14.3. The molecule has 0 aliphatic carbocycles. The number of amides is 1. The highest BCUT2D eigenvalue weighted by atomic mass is 16.1. The number of carbonyl (C=O) groups excluding carboxylic acids is 1. The molecule has 1 aliphatic rings. The molecule has 0 fully saturated rings. The van der Waals surface area contributed by atoms with Crippen molar-refractivity contribution >= 4 is 11.6 Å². The van der Waals surface area contributed by atoms with E-state index in [1.165, 1.54) is 11.1 Å². The van der Waals surface area contributed by atoms with E-state index in [1.54, 1.807) is 0 Å². The Bertz CT molecular complexity index is 516. The fraction of sp³-hybridized carbons (Fsp3) is 0.611. The number of hydrogen-bond donors (Lipinski definition) is 3. The molecule has 0 aromatic heterocycles. The predicted molar refractivity (Wildman–Crippen MR) is 92.0 cm³/mol. The van der Waals surface area contributed by atoms with Crippen LogP contribution in [-0.4, -0.2) is 17.0 Å². The van der Waals surface area contributed by atoms with Crippen LogP contribution in [-0.2, 0) is 24.1 Å². The molecule has 0 spiro atoms. The molecule has 22 heavy (non-hydrogen) atoms. The lowest BCUT2D eigenvalue weighted by Gasteiger charge is -2.22. The molecule has 2 rings (SSSR count). The van der Waals surface area contributed by atoms with E-state index in [2.05, 4.69) is 17.4 Å². The van der Waals surface area contributed by atoms with Gasteiger partial charge in [-0.1, -0.05) is 6.07 Å². The second-order valence-electron chi connectivity index (χ2n) is 7.98. The van der Waals surface area contributed by atoms with Crippen molar-refractivity contribution in [3.8, 4) is 0 Å². The van der Waals surface area contributed by atoms with Gasteiger partial charge in [0, 0.05) is 16.8 Å². The van der Waals surface area contributed by atoms with Crippen LogP contribution in [0.1, 0.15) is 57.2 Å². The van der Waals surface area contributed by atoms with Gasteiger partial charge in [0.1, 0.15) is 0 Å². The van der Waals surface area contributed by atoms with Crippen LogP contribution >= 0.6 is 0 Å². The van der Waals surface area contributed by atoms with E-state index < -0.39 is 0 Å². The van der Waals surface area contributed by atoms with Gasteiger partial charge < -0.3 is 16.8 Å². The van der Waals surface area contributed by atoms with Crippen LogP contribution in [0.15, 0.2) is 12.1 Å². The fourth-order valence-corrected chi connectivity index (χ4v) is 2.75. The van der Waals surface area contributed by atoms with E-state index in [0.29, 0.717) is 6.42 Å². The minimum absolute atomic E-state index is 0.0800. The van der Waals surface area contributed by atoms with Crippen LogP contribution in [0.2, 0.25) is 0 Å². The number of fused-ring (bicyclic) bond motifs is 1. The van der Waals surface area contributed by atoms with Gasteiger partial charge in [-0.2, -0.15) is 0 Å². The zero-order chi connectivity index (χ0) is 16.5. The monoisotopic (exact) mass is 303 g/mol. The van der Waals surface area contributed by atoms with Crippen molar-refractivity contribution in [3.63, 3.8) is 0 Å². The molecule has 0 saturated carbocycles. The maximum Gasteiger partial charge on any atom is 0.228 e. The lowest BCUT2D eigenvalue weighted by Crippen LogP contribution is -2.33. The summed E-state index contributed by atoms with van der Waals surface area (Å²) in [5, 5.41) is 2.94. The summed E-state index contributed by atoms with van der Waals surface area (Å²) >= 11 is 0. The number of rotatable bonds is 6. The Labute approximate surface area is 133 Å². The minimum atomic E-state index is -0.188. The van der Waals surface area contributed by atoms with Crippen molar-refractivity contribution in [1.82, 2.24) is 0 Å². The van der Waals surface area contributed by atoms with Gasteiger partial charge in [0.25, 0.3) is 0 Å². The topological polar surface area (TPSA) is 81.1 Å². The third kappa shape index (κ3) is 4.82. The molecule has 4 heteroatoms. The van der Waals surface area contributed by atoms with Crippen LogP contribution < -0.4 is 16.8 Å². The van der Waals surface area contributed by atoms with Gasteiger partial charge in [-0.05, 0) is 76.1 Å². The van der Waals surface area contributed by atoms with Crippen LogP contribution in [0.4, 0.5) is 5.69 Å². The molecule has 5 N–H and O–H groups in total. The van der Waals surface area contributed by atoms with Crippen molar-refractivity contribution in [1.29, 1.82) is 0 Å². The standard InChI is InChI=1S/C18H29N3O/c1-17(2,19)7-5-12-9-14-11-16(22)21-15(14)10-13(12)6-8-18(3,4)20/h9-10H,5-8,11,19-20H2,1-4H3,(H,21,22). The highest BCUT2D eigenvalue weighted by Gasteiger charge is 2.22. The van der Waals surface area contributed by atoms with Gasteiger partial charge in [-0.25, -0.2) is 0 Å². The molecule has 0 radical (unpaired) electrons. The number of benzene rings is 1. The van der Waals surface area contributed by atoms with Gasteiger partial charge >= 0.3 is 0 Å². The Hall–Kier alpha value is -1.39. The number of nitrogens with one attached hydrogen (secondary N) is 1. The summed E-state index contributed by atoms with van der Waals surface area (Å²) in [7, 11) is 0. The highest BCUT2D eigenvalue weighted by molar-refractivity contribution is 5.99. The van der Waals surface area contributed by atoms with Crippen molar-refractivity contribution in [3.05, 3.63) is 28.8 Å². The second kappa shape index (κ2) is 6.01. The first-order valence-corrected chi connectivity index (χ1v) is 8.06.